The summed E-state index contributed by atoms with van der Waals surface area (Å²) in [5.41, 5.74) is 0. The highest BCUT2D eigenvalue weighted by atomic mass is 16.5. The lowest BCUT2D eigenvalue weighted by molar-refractivity contribution is -0.140. The third kappa shape index (κ3) is 4.18. The molecule has 0 aliphatic carbocycles. The zero-order valence-electron chi connectivity index (χ0n) is 14.1. The van der Waals surface area contributed by atoms with Crippen LogP contribution in [0.5, 0.6) is 0 Å². The molecule has 0 aromatic carbocycles. The van der Waals surface area contributed by atoms with Gasteiger partial charge in [0.25, 0.3) is 5.91 Å². The molecule has 0 saturated carbocycles. The smallest absolute Gasteiger partial charge is 0.251 e. The molecule has 0 aromatic heterocycles. The molecule has 0 radical (unpaired) electrons. The minimum atomic E-state index is -0.236. The molecule has 2 saturated heterocycles. The third-order valence-corrected chi connectivity index (χ3v) is 5.04. The number of piperidine rings is 1. The second-order valence-corrected chi connectivity index (χ2v) is 7.07. The van der Waals surface area contributed by atoms with Crippen LogP contribution < -0.4 is 5.32 Å². The molecule has 2 heterocycles. The van der Waals surface area contributed by atoms with Crippen LogP contribution in [0.3, 0.4) is 0 Å². The minimum Gasteiger partial charge on any atom is -0.364 e. The van der Waals surface area contributed by atoms with Crippen LogP contribution in [0.4, 0.5) is 0 Å². The highest BCUT2D eigenvalue weighted by molar-refractivity contribution is 5.80. The number of nitrogens with zero attached hydrogens (tertiary/aromatic N) is 2. The average Bonchev–Trinajstić information content (AvgIpc) is 2.89. The molecule has 2 rings (SSSR count). The Hall–Kier alpha value is -0.650. The van der Waals surface area contributed by atoms with Gasteiger partial charge in [-0.1, -0.05) is 6.92 Å². The Balaban J connectivity index is 1.75. The highest BCUT2D eigenvalue weighted by Crippen LogP contribution is 2.23. The molecule has 2 aliphatic rings. The van der Waals surface area contributed by atoms with Crippen molar-refractivity contribution >= 4 is 5.91 Å². The monoisotopic (exact) mass is 297 g/mol. The van der Waals surface area contributed by atoms with E-state index in [-0.39, 0.29) is 18.1 Å². The van der Waals surface area contributed by atoms with Crippen LogP contribution in [0.2, 0.25) is 0 Å². The van der Waals surface area contributed by atoms with Crippen molar-refractivity contribution in [1.82, 2.24) is 15.1 Å². The standard InChI is InChI=1S/C16H31N3O2/c1-11-10-19(5)12(2)8-14(11)17-9-13-6-7-15(21-13)16(20)18(3)4/h11-15,17H,6-10H2,1-5H3/t11-,12-,13+,14+,15+/m1/s1. The maximum Gasteiger partial charge on any atom is 0.251 e. The molecule has 0 bridgehead atoms. The van der Waals surface area contributed by atoms with E-state index < -0.39 is 0 Å². The summed E-state index contributed by atoms with van der Waals surface area (Å²) in [6.45, 7) is 6.61. The first-order chi connectivity index (χ1) is 9.88. The number of carbonyl (C=O) groups is 1. The lowest BCUT2D eigenvalue weighted by atomic mass is 9.90. The molecule has 5 nitrogen and oxygen atoms in total. The van der Waals surface area contributed by atoms with Crippen molar-refractivity contribution in [1.29, 1.82) is 0 Å². The van der Waals surface area contributed by atoms with E-state index in [1.807, 2.05) is 0 Å². The Morgan fingerprint density at radius 1 is 1.33 bits per heavy atom. The summed E-state index contributed by atoms with van der Waals surface area (Å²) in [6, 6.07) is 1.19. The van der Waals surface area contributed by atoms with Gasteiger partial charge in [0.05, 0.1) is 6.10 Å². The van der Waals surface area contributed by atoms with Crippen LogP contribution >= 0.6 is 0 Å². The summed E-state index contributed by atoms with van der Waals surface area (Å²) in [4.78, 5) is 16.0. The van der Waals surface area contributed by atoms with Crippen molar-refractivity contribution in [3.8, 4) is 0 Å². The molecular weight excluding hydrogens is 266 g/mol. The van der Waals surface area contributed by atoms with Crippen LogP contribution in [0, 0.1) is 5.92 Å². The van der Waals surface area contributed by atoms with Crippen molar-refractivity contribution in [2.24, 2.45) is 5.92 Å². The molecule has 2 aliphatic heterocycles. The minimum absolute atomic E-state index is 0.0961. The number of likely N-dealkylation sites (tertiary alicyclic amines) is 1. The average molecular weight is 297 g/mol. The Morgan fingerprint density at radius 2 is 2.05 bits per heavy atom. The first-order valence-electron chi connectivity index (χ1n) is 8.18. The van der Waals surface area contributed by atoms with E-state index in [2.05, 4.69) is 31.1 Å². The quantitative estimate of drug-likeness (QED) is 0.839. The molecule has 0 aromatic rings. The van der Waals surface area contributed by atoms with Crippen molar-refractivity contribution in [2.75, 3.05) is 34.2 Å². The second kappa shape index (κ2) is 7.07. The van der Waals surface area contributed by atoms with E-state index in [1.54, 1.807) is 19.0 Å². The molecule has 122 valence electrons. The first-order valence-corrected chi connectivity index (χ1v) is 8.18. The van der Waals surface area contributed by atoms with Crippen molar-refractivity contribution in [2.45, 2.75) is 57.4 Å². The van der Waals surface area contributed by atoms with E-state index >= 15 is 0 Å². The fourth-order valence-electron chi connectivity index (χ4n) is 3.43. The summed E-state index contributed by atoms with van der Waals surface area (Å²) >= 11 is 0. The molecule has 5 heteroatoms. The molecule has 1 N–H and O–H groups in total. The maximum absolute atomic E-state index is 11.9. The van der Waals surface area contributed by atoms with E-state index in [0.717, 1.165) is 25.9 Å². The van der Waals surface area contributed by atoms with Crippen molar-refractivity contribution in [3.05, 3.63) is 0 Å². The number of hydrogen-bond acceptors (Lipinski definition) is 4. The SMILES string of the molecule is C[C@@H]1CN(C)[C@H](C)C[C@@H]1NC[C@@H]1CC[C@@H](C(=O)N(C)C)O1. The van der Waals surface area contributed by atoms with Crippen LogP contribution in [0.1, 0.15) is 33.1 Å². The van der Waals surface area contributed by atoms with E-state index in [4.69, 9.17) is 4.74 Å². The molecule has 0 spiro atoms. The Morgan fingerprint density at radius 3 is 2.71 bits per heavy atom. The largest absolute Gasteiger partial charge is 0.364 e. The Labute approximate surface area is 129 Å². The Kier molecular flexibility index (Phi) is 5.63. The lowest BCUT2D eigenvalue weighted by Crippen LogP contribution is -2.52. The van der Waals surface area contributed by atoms with Crippen molar-refractivity contribution < 1.29 is 9.53 Å². The number of amides is 1. The van der Waals surface area contributed by atoms with Gasteiger partial charge in [0.1, 0.15) is 6.10 Å². The van der Waals surface area contributed by atoms with Gasteiger partial charge in [-0.15, -0.1) is 0 Å². The van der Waals surface area contributed by atoms with Gasteiger partial charge in [0.15, 0.2) is 0 Å². The van der Waals surface area contributed by atoms with Crippen LogP contribution in [0.25, 0.3) is 0 Å². The zero-order chi connectivity index (χ0) is 15.6. The number of ether oxygens (including phenoxy) is 1. The first kappa shape index (κ1) is 16.7. The highest BCUT2D eigenvalue weighted by Gasteiger charge is 2.33. The number of carbonyl (C=O) groups excluding carboxylic acids is 1. The predicted molar refractivity (Wildman–Crippen MR) is 84.3 cm³/mol. The normalized spacial score (nSPS) is 37.7. The van der Waals surface area contributed by atoms with Gasteiger partial charge in [0, 0.05) is 39.3 Å². The number of nitrogens with one attached hydrogen (secondary N) is 1. The fraction of sp³-hybridized carbons (Fsp3) is 0.938. The van der Waals surface area contributed by atoms with Crippen LogP contribution in [-0.2, 0) is 9.53 Å². The maximum atomic E-state index is 11.9. The number of hydrogen-bond donors (Lipinski definition) is 1. The summed E-state index contributed by atoms with van der Waals surface area (Å²) in [5.74, 6) is 0.755. The van der Waals surface area contributed by atoms with Crippen LogP contribution in [0.15, 0.2) is 0 Å². The van der Waals surface area contributed by atoms with Gasteiger partial charge < -0.3 is 19.9 Å². The topological polar surface area (TPSA) is 44.8 Å². The van der Waals surface area contributed by atoms with E-state index in [0.29, 0.717) is 18.0 Å². The Bertz CT molecular complexity index is 361. The third-order valence-electron chi connectivity index (χ3n) is 5.04. The summed E-state index contributed by atoms with van der Waals surface area (Å²) in [7, 11) is 5.78. The summed E-state index contributed by atoms with van der Waals surface area (Å²) < 4.78 is 5.89. The van der Waals surface area contributed by atoms with Crippen molar-refractivity contribution in [3.63, 3.8) is 0 Å². The van der Waals surface area contributed by atoms with E-state index in [9.17, 15) is 4.79 Å². The van der Waals surface area contributed by atoms with Gasteiger partial charge in [-0.25, -0.2) is 0 Å². The summed E-state index contributed by atoms with van der Waals surface area (Å²) in [5, 5.41) is 3.68. The van der Waals surface area contributed by atoms with Gasteiger partial charge in [-0.05, 0) is 39.2 Å². The molecule has 1 amide bonds. The van der Waals surface area contributed by atoms with Gasteiger partial charge >= 0.3 is 0 Å². The second-order valence-electron chi connectivity index (χ2n) is 7.07. The predicted octanol–water partition coefficient (Wildman–Crippen LogP) is 0.941. The molecule has 0 unspecified atom stereocenters. The molecular formula is C16H31N3O2. The van der Waals surface area contributed by atoms with Gasteiger partial charge in [-0.3, -0.25) is 4.79 Å². The molecule has 2 fully saturated rings. The fourth-order valence-corrected chi connectivity index (χ4v) is 3.43. The van der Waals surface area contributed by atoms with Gasteiger partial charge in [0.2, 0.25) is 0 Å². The number of rotatable bonds is 4. The molecule has 21 heavy (non-hydrogen) atoms. The number of likely N-dealkylation sites (N-methyl/N-ethyl adjacent to an activating group) is 1. The van der Waals surface area contributed by atoms with Crippen LogP contribution in [-0.4, -0.2) is 74.2 Å². The summed E-state index contributed by atoms with van der Waals surface area (Å²) in [6.07, 6.45) is 2.96. The van der Waals surface area contributed by atoms with Gasteiger partial charge in [-0.2, -0.15) is 0 Å². The van der Waals surface area contributed by atoms with E-state index in [1.165, 1.54) is 6.42 Å². The molecule has 5 atom stereocenters. The zero-order valence-corrected chi connectivity index (χ0v) is 14.1. The lowest BCUT2D eigenvalue weighted by Gasteiger charge is -2.40.